The van der Waals surface area contributed by atoms with Crippen LogP contribution in [0.4, 0.5) is 0 Å². The Balaban J connectivity index is 0. The summed E-state index contributed by atoms with van der Waals surface area (Å²) < 4.78 is 0. The van der Waals surface area contributed by atoms with Gasteiger partial charge in [0.25, 0.3) is 0 Å². The maximum atomic E-state index is 11.2. The van der Waals surface area contributed by atoms with Crippen molar-refractivity contribution < 1.29 is 4.79 Å². The van der Waals surface area contributed by atoms with Gasteiger partial charge < -0.3 is 5.73 Å². The van der Waals surface area contributed by atoms with E-state index in [-0.39, 0.29) is 35.3 Å². The van der Waals surface area contributed by atoms with E-state index in [4.69, 9.17) is 5.73 Å². The van der Waals surface area contributed by atoms with Gasteiger partial charge in [-0.05, 0) is 13.3 Å². The Kier molecular flexibility index (Phi) is 17.2. The number of nitrogens with two attached hydrogens (primary N) is 1. The van der Waals surface area contributed by atoms with Crippen molar-refractivity contribution in [3.05, 3.63) is 6.92 Å². The van der Waals surface area contributed by atoms with Crippen molar-refractivity contribution >= 4 is 35.3 Å². The molecule has 0 saturated carbocycles. The van der Waals surface area contributed by atoms with Gasteiger partial charge in [0.2, 0.25) is 0 Å². The van der Waals surface area contributed by atoms with Crippen LogP contribution in [-0.2, 0) is 4.79 Å². The number of hydrogen-bond acceptors (Lipinski definition) is 2. The monoisotopic (exact) mass is 250 g/mol. The van der Waals surface area contributed by atoms with Crippen LogP contribution < -0.4 is 5.73 Å². The molecule has 0 spiro atoms. The van der Waals surface area contributed by atoms with Gasteiger partial charge in [0, 0.05) is 6.42 Å². The Morgan fingerprint density at radius 2 is 1.41 bits per heavy atom. The van der Waals surface area contributed by atoms with Gasteiger partial charge >= 0.3 is 29.6 Å². The Bertz CT molecular complexity index is 172. The van der Waals surface area contributed by atoms with Crippen molar-refractivity contribution in [2.45, 2.75) is 77.2 Å². The zero-order valence-corrected chi connectivity index (χ0v) is 10.8. The Morgan fingerprint density at radius 1 is 1.00 bits per heavy atom. The summed E-state index contributed by atoms with van der Waals surface area (Å²) in [6.07, 6.45) is 12.1. The van der Waals surface area contributed by atoms with Crippen molar-refractivity contribution in [1.82, 2.24) is 0 Å². The quantitative estimate of drug-likeness (QED) is 0.452. The number of ketones is 1. The van der Waals surface area contributed by atoms with Gasteiger partial charge in [0.15, 0.2) is 0 Å². The SMILES string of the molecule is [CH2]C(N)C(=O)CCCCCCCCCCC.[NaH]. The molecule has 1 unspecified atom stereocenters. The van der Waals surface area contributed by atoms with Gasteiger partial charge in [-0.2, -0.15) is 0 Å². The molecule has 17 heavy (non-hydrogen) atoms. The second kappa shape index (κ2) is 14.7. The molecule has 0 saturated heterocycles. The molecule has 2 nitrogen and oxygen atoms in total. The summed E-state index contributed by atoms with van der Waals surface area (Å²) in [6.45, 7) is 5.76. The molecule has 0 aromatic rings. The van der Waals surface area contributed by atoms with Crippen LogP contribution in [0.1, 0.15) is 71.1 Å². The Hall–Kier alpha value is 0.630. The third-order valence-corrected chi connectivity index (χ3v) is 2.94. The molecule has 0 aromatic heterocycles. The summed E-state index contributed by atoms with van der Waals surface area (Å²) in [5.74, 6) is 0.0999. The molecule has 0 bridgehead atoms. The molecular weight excluding hydrogens is 221 g/mol. The fraction of sp³-hybridized carbons (Fsp3) is 0.857. The van der Waals surface area contributed by atoms with Crippen molar-refractivity contribution in [3.63, 3.8) is 0 Å². The number of rotatable bonds is 11. The molecule has 3 heteroatoms. The summed E-state index contributed by atoms with van der Waals surface area (Å²) in [4.78, 5) is 11.2. The zero-order chi connectivity index (χ0) is 12.2. The van der Waals surface area contributed by atoms with E-state index in [0.717, 1.165) is 12.8 Å². The van der Waals surface area contributed by atoms with E-state index in [1.165, 1.54) is 44.9 Å². The normalized spacial score (nSPS) is 11.9. The maximum absolute atomic E-state index is 11.2. The standard InChI is InChI=1S/C14H28NO.Na.H/c1-3-4-5-6-7-8-9-10-11-12-14(16)13(2)15;;/h13H,2-12,15H2,1H3;;. The molecule has 1 atom stereocenters. The van der Waals surface area contributed by atoms with E-state index >= 15 is 0 Å². The second-order valence-corrected chi connectivity index (χ2v) is 4.65. The average molecular weight is 250 g/mol. The molecular formula is C14H29NNaO. The van der Waals surface area contributed by atoms with Crippen molar-refractivity contribution in [2.24, 2.45) is 5.73 Å². The molecule has 0 rings (SSSR count). The molecule has 0 aliphatic heterocycles. The number of hydrogen-bond donors (Lipinski definition) is 1. The Labute approximate surface area is 129 Å². The van der Waals surface area contributed by atoms with Crippen LogP contribution in [0.15, 0.2) is 0 Å². The molecule has 0 heterocycles. The van der Waals surface area contributed by atoms with Crippen LogP contribution in [-0.4, -0.2) is 41.4 Å². The first-order valence-corrected chi connectivity index (χ1v) is 6.80. The van der Waals surface area contributed by atoms with Gasteiger partial charge in [-0.3, -0.25) is 4.79 Å². The molecule has 2 N–H and O–H groups in total. The second-order valence-electron chi connectivity index (χ2n) is 4.65. The predicted molar refractivity (Wildman–Crippen MR) is 77.3 cm³/mol. The Morgan fingerprint density at radius 3 is 1.82 bits per heavy atom. The van der Waals surface area contributed by atoms with E-state index in [9.17, 15) is 4.79 Å². The van der Waals surface area contributed by atoms with Gasteiger partial charge in [-0.15, -0.1) is 0 Å². The summed E-state index contributed by atoms with van der Waals surface area (Å²) >= 11 is 0. The summed E-state index contributed by atoms with van der Waals surface area (Å²) in [5, 5.41) is 0. The summed E-state index contributed by atoms with van der Waals surface area (Å²) in [7, 11) is 0. The van der Waals surface area contributed by atoms with Gasteiger partial charge in [-0.1, -0.05) is 58.3 Å². The number of carbonyl (C=O) groups excluding carboxylic acids is 1. The first-order chi connectivity index (χ1) is 7.68. The number of unbranched alkanes of at least 4 members (excludes halogenated alkanes) is 8. The molecule has 1 radical (unpaired) electrons. The average Bonchev–Trinajstić information content (AvgIpc) is 2.26. The first kappa shape index (κ1) is 20.0. The molecule has 0 aromatic carbocycles. The minimum atomic E-state index is -0.519. The van der Waals surface area contributed by atoms with Crippen LogP contribution in [0, 0.1) is 6.92 Å². The van der Waals surface area contributed by atoms with Crippen LogP contribution in [0.5, 0.6) is 0 Å². The van der Waals surface area contributed by atoms with Crippen LogP contribution in [0.25, 0.3) is 0 Å². The fourth-order valence-corrected chi connectivity index (χ4v) is 1.80. The van der Waals surface area contributed by atoms with Crippen molar-refractivity contribution in [1.29, 1.82) is 0 Å². The van der Waals surface area contributed by atoms with E-state index in [0.29, 0.717) is 6.42 Å². The molecule has 0 aliphatic carbocycles. The topological polar surface area (TPSA) is 43.1 Å². The van der Waals surface area contributed by atoms with E-state index < -0.39 is 6.04 Å². The van der Waals surface area contributed by atoms with Crippen molar-refractivity contribution in [3.8, 4) is 0 Å². The zero-order valence-electron chi connectivity index (χ0n) is 10.8. The van der Waals surface area contributed by atoms with Crippen LogP contribution in [0.3, 0.4) is 0 Å². The third kappa shape index (κ3) is 14.6. The van der Waals surface area contributed by atoms with E-state index in [1.54, 1.807) is 0 Å². The predicted octanol–water partition coefficient (Wildman–Crippen LogP) is 2.99. The molecule has 97 valence electrons. The summed E-state index contributed by atoms with van der Waals surface area (Å²) in [6, 6.07) is -0.519. The van der Waals surface area contributed by atoms with Gasteiger partial charge in [0.05, 0.1) is 6.04 Å². The number of Topliss-reactive ketones (excluding diaryl/α,β-unsaturated/α-hetero) is 1. The number of carbonyl (C=O) groups is 1. The van der Waals surface area contributed by atoms with Crippen LogP contribution in [0.2, 0.25) is 0 Å². The first-order valence-electron chi connectivity index (χ1n) is 6.80. The molecule has 0 aliphatic rings. The van der Waals surface area contributed by atoms with Gasteiger partial charge in [-0.25, -0.2) is 0 Å². The van der Waals surface area contributed by atoms with Crippen molar-refractivity contribution in [2.75, 3.05) is 0 Å². The van der Waals surface area contributed by atoms with Crippen LogP contribution >= 0.6 is 0 Å². The summed E-state index contributed by atoms with van der Waals surface area (Å²) in [5.41, 5.74) is 5.38. The van der Waals surface area contributed by atoms with E-state index in [1.807, 2.05) is 0 Å². The fourth-order valence-electron chi connectivity index (χ4n) is 1.80. The van der Waals surface area contributed by atoms with Gasteiger partial charge in [0.1, 0.15) is 5.78 Å². The van der Waals surface area contributed by atoms with E-state index in [2.05, 4.69) is 13.8 Å². The molecule has 0 fully saturated rings. The molecule has 0 amide bonds. The third-order valence-electron chi connectivity index (χ3n) is 2.94. The minimum absolute atomic E-state index is 0.